The first-order chi connectivity index (χ1) is 14.9. The normalized spacial score (nSPS) is 23.5. The van der Waals surface area contributed by atoms with Gasteiger partial charge in [0.25, 0.3) is 0 Å². The van der Waals surface area contributed by atoms with Crippen molar-refractivity contribution in [1.29, 1.82) is 0 Å². The molecule has 0 radical (unpaired) electrons. The molecule has 3 rings (SSSR count). The molecule has 1 aromatic carbocycles. The fraction of sp³-hybridized carbons (Fsp3) is 0.680. The van der Waals surface area contributed by atoms with Crippen LogP contribution in [-0.2, 0) is 16.0 Å². The summed E-state index contributed by atoms with van der Waals surface area (Å²) in [4.78, 5) is 30.8. The number of piperidine rings is 1. The number of nitrogens with zero attached hydrogens (tertiary/aromatic N) is 2. The molecule has 172 valence electrons. The average Bonchev–Trinajstić information content (AvgIpc) is 3.20. The van der Waals surface area contributed by atoms with Gasteiger partial charge >= 0.3 is 0 Å². The predicted molar refractivity (Wildman–Crippen MR) is 125 cm³/mol. The van der Waals surface area contributed by atoms with Crippen LogP contribution in [0.4, 0.5) is 0 Å². The third kappa shape index (κ3) is 5.86. The zero-order valence-electron chi connectivity index (χ0n) is 19.6. The van der Waals surface area contributed by atoms with Crippen molar-refractivity contribution in [1.82, 2.24) is 20.4 Å². The van der Waals surface area contributed by atoms with Crippen molar-refractivity contribution < 1.29 is 9.59 Å². The van der Waals surface area contributed by atoms with Crippen molar-refractivity contribution in [3.05, 3.63) is 35.9 Å². The zero-order valence-corrected chi connectivity index (χ0v) is 19.6. The summed E-state index contributed by atoms with van der Waals surface area (Å²) >= 11 is 0. The second kappa shape index (κ2) is 11.1. The molecule has 2 aliphatic rings. The van der Waals surface area contributed by atoms with E-state index in [0.29, 0.717) is 12.3 Å². The number of carbonyl (C=O) groups excluding carboxylic acids is 2. The van der Waals surface area contributed by atoms with E-state index in [-0.39, 0.29) is 29.8 Å². The van der Waals surface area contributed by atoms with Gasteiger partial charge in [-0.2, -0.15) is 0 Å². The number of hydrogen-bond acceptors (Lipinski definition) is 4. The van der Waals surface area contributed by atoms with Gasteiger partial charge in [-0.15, -0.1) is 0 Å². The first kappa shape index (κ1) is 23.7. The van der Waals surface area contributed by atoms with E-state index in [1.165, 1.54) is 5.56 Å². The van der Waals surface area contributed by atoms with Crippen LogP contribution < -0.4 is 10.6 Å². The van der Waals surface area contributed by atoms with E-state index >= 15 is 0 Å². The number of amides is 2. The number of nitrogens with one attached hydrogen (secondary N) is 2. The Morgan fingerprint density at radius 2 is 1.84 bits per heavy atom. The van der Waals surface area contributed by atoms with Gasteiger partial charge in [-0.05, 0) is 56.7 Å². The highest BCUT2D eigenvalue weighted by atomic mass is 16.2. The lowest BCUT2D eigenvalue weighted by molar-refractivity contribution is -0.139. The summed E-state index contributed by atoms with van der Waals surface area (Å²) in [5.74, 6) is 0.649. The lowest BCUT2D eigenvalue weighted by Gasteiger charge is -2.40. The molecule has 1 aromatic rings. The van der Waals surface area contributed by atoms with Crippen LogP contribution in [0.25, 0.3) is 0 Å². The van der Waals surface area contributed by atoms with Gasteiger partial charge in [-0.1, -0.05) is 51.1 Å². The molecular formula is C25H40N4O2. The Balaban J connectivity index is 1.62. The number of likely N-dealkylation sites (tertiary alicyclic amines) is 2. The van der Waals surface area contributed by atoms with Crippen LogP contribution in [0.3, 0.4) is 0 Å². The van der Waals surface area contributed by atoms with Gasteiger partial charge in [0.05, 0.1) is 6.04 Å². The zero-order chi connectivity index (χ0) is 22.4. The number of likely N-dealkylation sites (N-methyl/N-ethyl adjacent to an activating group) is 1. The van der Waals surface area contributed by atoms with E-state index in [0.717, 1.165) is 45.4 Å². The van der Waals surface area contributed by atoms with Crippen molar-refractivity contribution in [3.8, 4) is 0 Å². The lowest BCUT2D eigenvalue weighted by atomic mass is 9.91. The van der Waals surface area contributed by atoms with E-state index in [4.69, 9.17) is 0 Å². The van der Waals surface area contributed by atoms with Gasteiger partial charge in [-0.25, -0.2) is 0 Å². The summed E-state index contributed by atoms with van der Waals surface area (Å²) in [7, 11) is 1.79. The van der Waals surface area contributed by atoms with Crippen molar-refractivity contribution in [2.75, 3.05) is 33.2 Å². The SMILES string of the molecule is CCC(NC)C(=O)N[C@H](C(=O)N1CC[C@@H]2CCN(CCc3ccccc3)C[C@@H]21)C(C)C. The van der Waals surface area contributed by atoms with Crippen molar-refractivity contribution in [3.63, 3.8) is 0 Å². The van der Waals surface area contributed by atoms with Crippen molar-refractivity contribution in [2.24, 2.45) is 11.8 Å². The minimum absolute atomic E-state index is 0.0580. The maximum Gasteiger partial charge on any atom is 0.245 e. The van der Waals surface area contributed by atoms with Gasteiger partial charge in [0, 0.05) is 25.7 Å². The fourth-order valence-electron chi connectivity index (χ4n) is 5.08. The van der Waals surface area contributed by atoms with Crippen LogP contribution in [-0.4, -0.2) is 73.0 Å². The van der Waals surface area contributed by atoms with Gasteiger partial charge < -0.3 is 20.4 Å². The largest absolute Gasteiger partial charge is 0.343 e. The maximum atomic E-state index is 13.5. The molecule has 2 heterocycles. The lowest BCUT2D eigenvalue weighted by Crippen LogP contribution is -2.58. The second-order valence-electron chi connectivity index (χ2n) is 9.45. The topological polar surface area (TPSA) is 64.7 Å². The van der Waals surface area contributed by atoms with Gasteiger partial charge in [0.15, 0.2) is 0 Å². The number of rotatable bonds is 9. The first-order valence-electron chi connectivity index (χ1n) is 12.0. The number of benzene rings is 1. The third-order valence-electron chi connectivity index (χ3n) is 7.09. The van der Waals surface area contributed by atoms with Crippen molar-refractivity contribution >= 4 is 11.8 Å². The fourth-order valence-corrected chi connectivity index (χ4v) is 5.08. The smallest absolute Gasteiger partial charge is 0.245 e. The number of carbonyl (C=O) groups is 2. The summed E-state index contributed by atoms with van der Waals surface area (Å²) < 4.78 is 0. The Labute approximate surface area is 187 Å². The summed E-state index contributed by atoms with van der Waals surface area (Å²) in [5.41, 5.74) is 1.36. The molecule has 1 unspecified atom stereocenters. The Hall–Kier alpha value is -1.92. The van der Waals surface area contributed by atoms with E-state index in [1.807, 2.05) is 20.8 Å². The van der Waals surface area contributed by atoms with E-state index < -0.39 is 6.04 Å². The molecule has 0 aromatic heterocycles. The Kier molecular flexibility index (Phi) is 8.50. The predicted octanol–water partition coefficient (Wildman–Crippen LogP) is 2.29. The summed E-state index contributed by atoms with van der Waals surface area (Å²) in [6.07, 6.45) is 3.97. The molecule has 0 aliphatic carbocycles. The van der Waals surface area contributed by atoms with E-state index in [1.54, 1.807) is 7.05 Å². The Morgan fingerprint density at radius 1 is 1.13 bits per heavy atom. The van der Waals surface area contributed by atoms with Crippen LogP contribution in [0.15, 0.2) is 30.3 Å². The molecule has 0 spiro atoms. The van der Waals surface area contributed by atoms with Crippen LogP contribution >= 0.6 is 0 Å². The first-order valence-corrected chi connectivity index (χ1v) is 12.0. The van der Waals surface area contributed by atoms with Crippen LogP contribution in [0.2, 0.25) is 0 Å². The highest BCUT2D eigenvalue weighted by Gasteiger charge is 2.43. The van der Waals surface area contributed by atoms with E-state index in [9.17, 15) is 9.59 Å². The maximum absolute atomic E-state index is 13.5. The molecule has 6 nitrogen and oxygen atoms in total. The molecule has 4 atom stereocenters. The standard InChI is InChI=1S/C25H40N4O2/c1-5-21(26-4)24(30)27-23(18(2)3)25(31)29-16-13-20-12-15-28(17-22(20)29)14-11-19-9-7-6-8-10-19/h6-10,18,20-23,26H,5,11-17H2,1-4H3,(H,27,30)/t20-,21?,22-,23-/m0/s1. The second-order valence-corrected chi connectivity index (χ2v) is 9.45. The summed E-state index contributed by atoms with van der Waals surface area (Å²) in [6.45, 7) is 9.90. The molecule has 2 saturated heterocycles. The Morgan fingerprint density at radius 3 is 2.48 bits per heavy atom. The highest BCUT2D eigenvalue weighted by Crippen LogP contribution is 2.32. The van der Waals surface area contributed by atoms with Gasteiger partial charge in [0.1, 0.15) is 6.04 Å². The van der Waals surface area contributed by atoms with Crippen LogP contribution in [0.1, 0.15) is 45.6 Å². The summed E-state index contributed by atoms with van der Waals surface area (Å²) in [5, 5.41) is 6.08. The Bertz CT molecular complexity index is 719. The molecule has 0 bridgehead atoms. The average molecular weight is 429 g/mol. The number of fused-ring (bicyclic) bond motifs is 1. The van der Waals surface area contributed by atoms with Gasteiger partial charge in [0.2, 0.25) is 11.8 Å². The molecule has 2 aliphatic heterocycles. The molecular weight excluding hydrogens is 388 g/mol. The molecule has 2 fully saturated rings. The quantitative estimate of drug-likeness (QED) is 0.633. The summed E-state index contributed by atoms with van der Waals surface area (Å²) in [6, 6.07) is 10.1. The molecule has 31 heavy (non-hydrogen) atoms. The highest BCUT2D eigenvalue weighted by molar-refractivity contribution is 5.90. The minimum atomic E-state index is -0.464. The molecule has 2 amide bonds. The van der Waals surface area contributed by atoms with Gasteiger partial charge in [-0.3, -0.25) is 9.59 Å². The van der Waals surface area contributed by atoms with E-state index in [2.05, 4.69) is 50.8 Å². The van der Waals surface area contributed by atoms with Crippen LogP contribution in [0.5, 0.6) is 0 Å². The number of hydrogen-bond donors (Lipinski definition) is 2. The minimum Gasteiger partial charge on any atom is -0.343 e. The monoisotopic (exact) mass is 428 g/mol. The van der Waals surface area contributed by atoms with Crippen molar-refractivity contribution in [2.45, 2.75) is 64.6 Å². The molecule has 6 heteroatoms. The molecule has 0 saturated carbocycles. The molecule has 2 N–H and O–H groups in total. The third-order valence-corrected chi connectivity index (χ3v) is 7.09. The van der Waals surface area contributed by atoms with Crippen LogP contribution in [0, 0.1) is 11.8 Å².